The molecule has 2 aromatic rings. The van der Waals surface area contributed by atoms with E-state index in [1.807, 2.05) is 0 Å². The number of carbonyl (C=O) groups is 1. The Bertz CT molecular complexity index is 471. The van der Waals surface area contributed by atoms with E-state index in [9.17, 15) is 4.79 Å². The molecule has 2 heterocycles. The van der Waals surface area contributed by atoms with Crippen LogP contribution in [0, 0.1) is 0 Å². The van der Waals surface area contributed by atoms with Crippen molar-refractivity contribution in [1.82, 2.24) is 4.98 Å². The normalized spacial score (nSPS) is 11.1. The first kappa shape index (κ1) is 8.94. The van der Waals surface area contributed by atoms with Crippen molar-refractivity contribution in [3.8, 4) is 0 Å². The van der Waals surface area contributed by atoms with Gasteiger partial charge >= 0.3 is 0 Å². The summed E-state index contributed by atoms with van der Waals surface area (Å²) in [6.45, 7) is 4.18. The van der Waals surface area contributed by atoms with Gasteiger partial charge in [-0.15, -0.1) is 0 Å². The molecule has 0 aliphatic rings. The molecule has 3 nitrogen and oxygen atoms in total. The molecule has 2 aromatic heterocycles. The number of rotatable bonds is 2. The largest absolute Gasteiger partial charge is 0.462 e. The van der Waals surface area contributed by atoms with Crippen LogP contribution >= 0.6 is 0 Å². The van der Waals surface area contributed by atoms with Crippen LogP contribution in [0.1, 0.15) is 35.8 Å². The van der Waals surface area contributed by atoms with E-state index in [1.54, 1.807) is 18.5 Å². The van der Waals surface area contributed by atoms with Gasteiger partial charge in [0.05, 0.1) is 12.5 Å². The van der Waals surface area contributed by atoms with Gasteiger partial charge in [0.15, 0.2) is 11.9 Å². The number of fused-ring (bicyclic) bond motifs is 1. The molecule has 0 unspecified atom stereocenters. The highest BCUT2D eigenvalue weighted by atomic mass is 16.3. The summed E-state index contributed by atoms with van der Waals surface area (Å²) in [4.78, 5) is 14.5. The minimum Gasteiger partial charge on any atom is -0.462 e. The maximum Gasteiger partial charge on any atom is 0.168 e. The number of aromatic nitrogens is 1. The van der Waals surface area contributed by atoms with Gasteiger partial charge in [-0.05, 0) is 12.0 Å². The molecule has 0 bridgehead atoms. The van der Waals surface area contributed by atoms with E-state index in [2.05, 4.69) is 18.8 Å². The van der Waals surface area contributed by atoms with Gasteiger partial charge in [-0.3, -0.25) is 4.79 Å². The van der Waals surface area contributed by atoms with Gasteiger partial charge in [0, 0.05) is 10.9 Å². The Labute approximate surface area is 81.7 Å². The van der Waals surface area contributed by atoms with Crippen molar-refractivity contribution in [2.45, 2.75) is 19.8 Å². The van der Waals surface area contributed by atoms with Gasteiger partial charge in [0.1, 0.15) is 5.69 Å². The van der Waals surface area contributed by atoms with Crippen LogP contribution in [0.5, 0.6) is 0 Å². The predicted octanol–water partition coefficient (Wildman–Crippen LogP) is 2.76. The summed E-state index contributed by atoms with van der Waals surface area (Å²) < 4.78 is 5.33. The van der Waals surface area contributed by atoms with Crippen molar-refractivity contribution in [1.29, 1.82) is 0 Å². The summed E-state index contributed by atoms with van der Waals surface area (Å²) in [5.41, 5.74) is 2.30. The van der Waals surface area contributed by atoms with Gasteiger partial charge in [-0.1, -0.05) is 13.8 Å². The van der Waals surface area contributed by atoms with Crippen LogP contribution in [0.4, 0.5) is 0 Å². The second-order valence-electron chi connectivity index (χ2n) is 3.57. The summed E-state index contributed by atoms with van der Waals surface area (Å²) in [6.07, 6.45) is 4.06. The molecule has 0 spiro atoms. The summed E-state index contributed by atoms with van der Waals surface area (Å²) in [6, 6.07) is 1.77. The van der Waals surface area contributed by atoms with Crippen LogP contribution < -0.4 is 0 Å². The van der Waals surface area contributed by atoms with E-state index in [0.717, 1.165) is 22.8 Å². The van der Waals surface area contributed by atoms with Crippen LogP contribution in [-0.2, 0) is 0 Å². The van der Waals surface area contributed by atoms with E-state index in [0.29, 0.717) is 11.6 Å². The fourth-order valence-electron chi connectivity index (χ4n) is 1.48. The average molecular weight is 189 g/mol. The predicted molar refractivity (Wildman–Crippen MR) is 53.5 cm³/mol. The smallest absolute Gasteiger partial charge is 0.168 e. The van der Waals surface area contributed by atoms with Crippen molar-refractivity contribution in [2.24, 2.45) is 0 Å². The third-order valence-corrected chi connectivity index (χ3v) is 2.26. The molecule has 0 saturated carbocycles. The lowest BCUT2D eigenvalue weighted by Gasteiger charge is -2.00. The molecule has 0 radical (unpaired) electrons. The van der Waals surface area contributed by atoms with E-state index in [4.69, 9.17) is 4.42 Å². The van der Waals surface area contributed by atoms with Crippen LogP contribution in [0.15, 0.2) is 22.9 Å². The third-order valence-electron chi connectivity index (χ3n) is 2.26. The molecule has 0 aliphatic carbocycles. The molecule has 0 aromatic carbocycles. The Balaban J connectivity index is 2.69. The molecular weight excluding hydrogens is 178 g/mol. The van der Waals surface area contributed by atoms with Crippen LogP contribution in [0.25, 0.3) is 11.0 Å². The molecule has 3 heteroatoms. The molecule has 14 heavy (non-hydrogen) atoms. The first-order valence-corrected chi connectivity index (χ1v) is 4.54. The Kier molecular flexibility index (Phi) is 2.08. The highest BCUT2D eigenvalue weighted by Crippen LogP contribution is 2.26. The van der Waals surface area contributed by atoms with Gasteiger partial charge in [0.25, 0.3) is 0 Å². The highest BCUT2D eigenvalue weighted by Gasteiger charge is 2.09. The van der Waals surface area contributed by atoms with Gasteiger partial charge in [-0.25, -0.2) is 4.98 Å². The fourth-order valence-corrected chi connectivity index (χ4v) is 1.48. The van der Waals surface area contributed by atoms with Crippen LogP contribution in [0.2, 0.25) is 0 Å². The molecule has 72 valence electrons. The first-order valence-electron chi connectivity index (χ1n) is 4.54. The maximum atomic E-state index is 10.6. The summed E-state index contributed by atoms with van der Waals surface area (Å²) in [7, 11) is 0. The Morgan fingerprint density at radius 3 is 2.93 bits per heavy atom. The van der Waals surface area contributed by atoms with Crippen molar-refractivity contribution in [3.63, 3.8) is 0 Å². The third kappa shape index (κ3) is 1.31. The van der Waals surface area contributed by atoms with Gasteiger partial charge in [-0.2, -0.15) is 0 Å². The summed E-state index contributed by atoms with van der Waals surface area (Å²) >= 11 is 0. The molecular formula is C11H11NO2. The number of aldehydes is 1. The van der Waals surface area contributed by atoms with Crippen molar-refractivity contribution < 1.29 is 9.21 Å². The average Bonchev–Trinajstić information content (AvgIpc) is 2.59. The van der Waals surface area contributed by atoms with E-state index in [-0.39, 0.29) is 0 Å². The second kappa shape index (κ2) is 3.25. The number of nitrogens with zero attached hydrogens (tertiary/aromatic N) is 1. The van der Waals surface area contributed by atoms with Crippen molar-refractivity contribution >= 4 is 17.3 Å². The first-order chi connectivity index (χ1) is 6.72. The second-order valence-corrected chi connectivity index (χ2v) is 3.57. The molecule has 0 atom stereocenters. The SMILES string of the molecule is CC(C)c1coc2cnc(C=O)cc12. The Morgan fingerprint density at radius 2 is 2.29 bits per heavy atom. The zero-order valence-electron chi connectivity index (χ0n) is 8.15. The Morgan fingerprint density at radius 1 is 1.50 bits per heavy atom. The molecule has 0 amide bonds. The number of hydrogen-bond donors (Lipinski definition) is 0. The Hall–Kier alpha value is -1.64. The van der Waals surface area contributed by atoms with E-state index >= 15 is 0 Å². The van der Waals surface area contributed by atoms with Crippen molar-refractivity contribution in [2.75, 3.05) is 0 Å². The van der Waals surface area contributed by atoms with Gasteiger partial charge < -0.3 is 4.42 Å². The standard InChI is InChI=1S/C11H11NO2/c1-7(2)10-6-14-11-4-12-8(5-13)3-9(10)11/h3-7H,1-2H3. The fraction of sp³-hybridized carbons (Fsp3) is 0.273. The summed E-state index contributed by atoms with van der Waals surface area (Å²) in [5, 5.41) is 0.983. The maximum absolute atomic E-state index is 10.6. The van der Waals surface area contributed by atoms with E-state index in [1.165, 1.54) is 0 Å². The topological polar surface area (TPSA) is 43.1 Å². The quantitative estimate of drug-likeness (QED) is 0.682. The minimum absolute atomic E-state index is 0.387. The lowest BCUT2D eigenvalue weighted by molar-refractivity contribution is 0.111. The van der Waals surface area contributed by atoms with Gasteiger partial charge in [0.2, 0.25) is 0 Å². The molecule has 0 N–H and O–H groups in total. The lowest BCUT2D eigenvalue weighted by Crippen LogP contribution is -1.88. The lowest BCUT2D eigenvalue weighted by atomic mass is 10.0. The molecule has 0 saturated heterocycles. The van der Waals surface area contributed by atoms with E-state index < -0.39 is 0 Å². The zero-order chi connectivity index (χ0) is 10.1. The molecule has 2 rings (SSSR count). The monoisotopic (exact) mass is 189 g/mol. The van der Waals surface area contributed by atoms with Crippen LogP contribution in [-0.4, -0.2) is 11.3 Å². The number of carbonyl (C=O) groups excluding carboxylic acids is 1. The zero-order valence-corrected chi connectivity index (χ0v) is 8.15. The number of hydrogen-bond acceptors (Lipinski definition) is 3. The highest BCUT2D eigenvalue weighted by molar-refractivity contribution is 5.86. The van der Waals surface area contributed by atoms with Crippen LogP contribution in [0.3, 0.4) is 0 Å². The number of pyridine rings is 1. The molecule has 0 fully saturated rings. The van der Waals surface area contributed by atoms with Crippen molar-refractivity contribution in [3.05, 3.63) is 29.8 Å². The number of furan rings is 1. The molecule has 0 aliphatic heterocycles. The summed E-state index contributed by atoms with van der Waals surface area (Å²) in [5.74, 6) is 0.387. The minimum atomic E-state index is 0.387.